The Morgan fingerprint density at radius 3 is 2.50 bits per heavy atom. The molecule has 1 unspecified atom stereocenters. The van der Waals surface area contributed by atoms with Crippen LogP contribution < -0.4 is 9.80 Å². The van der Waals surface area contributed by atoms with Gasteiger partial charge in [-0.25, -0.2) is 9.78 Å². The van der Waals surface area contributed by atoms with Crippen LogP contribution >= 0.6 is 0 Å². The lowest BCUT2D eigenvalue weighted by Crippen LogP contribution is -2.54. The predicted molar refractivity (Wildman–Crippen MR) is 129 cm³/mol. The molecular formula is C24H29N4O5S+. The molecule has 0 radical (unpaired) electrons. The summed E-state index contributed by atoms with van der Waals surface area (Å²) in [5.74, 6) is 1.66. The third-order valence-electron chi connectivity index (χ3n) is 6.68. The molecule has 3 aliphatic heterocycles. The average Bonchev–Trinajstić information content (AvgIpc) is 3.21. The number of carbonyl (C=O) groups is 2. The lowest BCUT2D eigenvalue weighted by molar-refractivity contribution is 0.0231. The van der Waals surface area contributed by atoms with Crippen molar-refractivity contribution in [3.8, 4) is 0 Å². The van der Waals surface area contributed by atoms with E-state index in [4.69, 9.17) is 19.4 Å². The molecule has 0 spiro atoms. The number of esters is 1. The maximum atomic E-state index is 12.5. The summed E-state index contributed by atoms with van der Waals surface area (Å²) < 4.78 is 21.7. The van der Waals surface area contributed by atoms with Crippen molar-refractivity contribution in [2.24, 2.45) is 0 Å². The summed E-state index contributed by atoms with van der Waals surface area (Å²) in [6, 6.07) is 6.82. The molecule has 0 aliphatic carbocycles. The topological polar surface area (TPSA) is 105 Å². The second-order valence-corrected chi connectivity index (χ2v) is 10.5. The first-order valence-electron chi connectivity index (χ1n) is 11.6. The van der Waals surface area contributed by atoms with Gasteiger partial charge in [0.15, 0.2) is 28.5 Å². The number of aryl methyl sites for hydroxylation is 1. The van der Waals surface area contributed by atoms with Crippen LogP contribution in [0.15, 0.2) is 29.2 Å². The van der Waals surface area contributed by atoms with Gasteiger partial charge in [0.2, 0.25) is 5.95 Å². The Morgan fingerprint density at radius 2 is 1.82 bits per heavy atom. The van der Waals surface area contributed by atoms with Crippen molar-refractivity contribution in [1.29, 1.82) is 0 Å². The summed E-state index contributed by atoms with van der Waals surface area (Å²) in [4.78, 5) is 38.6. The van der Waals surface area contributed by atoms with Crippen molar-refractivity contribution in [3.05, 3.63) is 41.1 Å². The van der Waals surface area contributed by atoms with E-state index in [0.29, 0.717) is 42.0 Å². The molecule has 10 heteroatoms. The number of aromatic nitrogens is 2. The highest BCUT2D eigenvalue weighted by Gasteiger charge is 2.42. The Morgan fingerprint density at radius 1 is 1.15 bits per heavy atom. The maximum absolute atomic E-state index is 12.5. The molecule has 4 heterocycles. The molecule has 1 N–H and O–H groups in total. The van der Waals surface area contributed by atoms with Crippen LogP contribution in [0.2, 0.25) is 0 Å². The first-order valence-corrected chi connectivity index (χ1v) is 12.9. The minimum Gasteiger partial charge on any atom is -0.455 e. The number of hydrogen-bond acceptors (Lipinski definition) is 9. The van der Waals surface area contributed by atoms with E-state index in [2.05, 4.69) is 4.90 Å². The van der Waals surface area contributed by atoms with Gasteiger partial charge in [-0.15, -0.1) is 0 Å². The monoisotopic (exact) mass is 485 g/mol. The molecule has 0 bridgehead atoms. The van der Waals surface area contributed by atoms with E-state index in [-0.39, 0.29) is 11.9 Å². The summed E-state index contributed by atoms with van der Waals surface area (Å²) in [5, 5.41) is 0. The van der Waals surface area contributed by atoms with Crippen LogP contribution in [0, 0.1) is 0 Å². The van der Waals surface area contributed by atoms with E-state index < -0.39 is 17.1 Å². The zero-order chi connectivity index (χ0) is 23.8. The summed E-state index contributed by atoms with van der Waals surface area (Å²) in [5.41, 5.74) is 1.90. The second kappa shape index (κ2) is 9.52. The molecule has 5 rings (SSSR count). The van der Waals surface area contributed by atoms with Gasteiger partial charge in [0, 0.05) is 38.3 Å². The Kier molecular flexibility index (Phi) is 6.46. The summed E-state index contributed by atoms with van der Waals surface area (Å²) >= 11 is -0.837. The second-order valence-electron chi connectivity index (χ2n) is 8.96. The van der Waals surface area contributed by atoms with Crippen molar-refractivity contribution >= 4 is 34.7 Å². The van der Waals surface area contributed by atoms with Gasteiger partial charge in [0.1, 0.15) is 11.8 Å². The highest BCUT2D eigenvalue weighted by atomic mass is 32.2. The number of benzene rings is 1. The first kappa shape index (κ1) is 23.1. The fourth-order valence-electron chi connectivity index (χ4n) is 4.54. The quantitative estimate of drug-likeness (QED) is 0.375. The summed E-state index contributed by atoms with van der Waals surface area (Å²) in [6.07, 6.45) is 2.35. The number of rotatable bonds is 6. The van der Waals surface area contributed by atoms with Crippen molar-refractivity contribution < 1.29 is 23.6 Å². The third-order valence-corrected chi connectivity index (χ3v) is 8.16. The Hall–Kier alpha value is -2.69. The summed E-state index contributed by atoms with van der Waals surface area (Å²) in [7, 11) is 2.04. The summed E-state index contributed by atoms with van der Waals surface area (Å²) in [6.45, 7) is 3.99. The van der Waals surface area contributed by atoms with E-state index in [9.17, 15) is 14.1 Å². The molecule has 2 aromatic rings. The van der Waals surface area contributed by atoms with Gasteiger partial charge >= 0.3 is 5.97 Å². The maximum Gasteiger partial charge on any atom is 0.338 e. The highest BCUT2D eigenvalue weighted by Crippen LogP contribution is 2.36. The fraction of sp³-hybridized carbons (Fsp3) is 0.500. The van der Waals surface area contributed by atoms with Gasteiger partial charge in [-0.1, -0.05) is 12.1 Å². The smallest absolute Gasteiger partial charge is 0.338 e. The number of ketones is 1. The molecule has 2 saturated heterocycles. The molecule has 9 nitrogen and oxygen atoms in total. The molecule has 2 fully saturated rings. The number of Topliss-reactive ketones (excluding diaryl/α,β-unsaturated/α-hetero) is 1. The molecule has 34 heavy (non-hydrogen) atoms. The highest BCUT2D eigenvalue weighted by molar-refractivity contribution is 7.92. The van der Waals surface area contributed by atoms with Gasteiger partial charge in [-0.05, 0) is 31.9 Å². The number of carbonyl (C=O) groups excluding carboxylic acids is 2. The Balaban J connectivity index is 1.27. The number of hydrogen-bond donors (Lipinski definition) is 1. The lowest BCUT2D eigenvalue weighted by atomic mass is 10.1. The number of nitrogens with zero attached hydrogens (tertiary/aromatic N) is 4. The standard InChI is InChI=1S/C24H29N4O5S/c1-15(29)16-3-5-17(6-4-16)23(30)33-19-13-28(14-19)24-25-20-9-12-34(31)21(20)22(26-24)27(2)18-7-10-32-11-8-18/h3-6,18-19,31H,7-14H2,1-2H3/q+1. The molecule has 3 aliphatic rings. The zero-order valence-electron chi connectivity index (χ0n) is 19.4. The third kappa shape index (κ3) is 4.49. The van der Waals surface area contributed by atoms with Crippen LogP contribution in [0.1, 0.15) is 46.2 Å². The van der Waals surface area contributed by atoms with Gasteiger partial charge in [-0.2, -0.15) is 9.54 Å². The first-order chi connectivity index (χ1) is 16.4. The van der Waals surface area contributed by atoms with E-state index in [1.807, 2.05) is 11.9 Å². The van der Waals surface area contributed by atoms with Gasteiger partial charge in [0.25, 0.3) is 4.90 Å². The van der Waals surface area contributed by atoms with E-state index in [0.717, 1.165) is 48.9 Å². The predicted octanol–water partition coefficient (Wildman–Crippen LogP) is 2.35. The van der Waals surface area contributed by atoms with E-state index in [1.165, 1.54) is 6.92 Å². The zero-order valence-corrected chi connectivity index (χ0v) is 20.2. The Bertz CT molecular complexity index is 1080. The van der Waals surface area contributed by atoms with Crippen LogP contribution in [0.3, 0.4) is 0 Å². The molecule has 1 aromatic carbocycles. The van der Waals surface area contributed by atoms with Gasteiger partial charge in [-0.3, -0.25) is 4.79 Å². The molecular weight excluding hydrogens is 456 g/mol. The van der Waals surface area contributed by atoms with Gasteiger partial charge in [0.05, 0.1) is 18.7 Å². The number of ether oxygens (including phenoxy) is 2. The van der Waals surface area contributed by atoms with Crippen LogP contribution in [0.25, 0.3) is 0 Å². The van der Waals surface area contributed by atoms with E-state index >= 15 is 0 Å². The van der Waals surface area contributed by atoms with Crippen LogP contribution in [0.4, 0.5) is 11.8 Å². The van der Waals surface area contributed by atoms with Crippen LogP contribution in [-0.2, 0) is 27.1 Å². The molecule has 1 atom stereocenters. The number of fused-ring (bicyclic) bond motifs is 1. The van der Waals surface area contributed by atoms with Crippen molar-refractivity contribution in [3.63, 3.8) is 0 Å². The van der Waals surface area contributed by atoms with Crippen LogP contribution in [-0.4, -0.2) is 77.5 Å². The molecule has 180 valence electrons. The molecule has 0 amide bonds. The molecule has 0 saturated carbocycles. The number of anilines is 2. The van der Waals surface area contributed by atoms with Gasteiger partial charge < -0.3 is 19.3 Å². The normalized spacial score (nSPS) is 20.6. The fourth-order valence-corrected chi connectivity index (χ4v) is 5.95. The minimum absolute atomic E-state index is 0.0428. The van der Waals surface area contributed by atoms with Crippen LogP contribution in [0.5, 0.6) is 0 Å². The minimum atomic E-state index is -0.837. The average molecular weight is 486 g/mol. The SMILES string of the molecule is CC(=O)c1ccc(C(=O)OC2CN(c3nc4c(c(N(C)C5CCOCC5)n3)[S+](O)CC4)C2)cc1. The van der Waals surface area contributed by atoms with Crippen molar-refractivity contribution in [1.82, 2.24) is 9.97 Å². The lowest BCUT2D eigenvalue weighted by Gasteiger charge is -2.39. The van der Waals surface area contributed by atoms with Crippen molar-refractivity contribution in [2.45, 2.75) is 43.2 Å². The largest absolute Gasteiger partial charge is 0.455 e. The van der Waals surface area contributed by atoms with E-state index in [1.54, 1.807) is 24.3 Å². The molecule has 1 aromatic heterocycles. The Labute approximate surface area is 201 Å². The van der Waals surface area contributed by atoms with Crippen molar-refractivity contribution in [2.75, 3.05) is 48.9 Å².